The van der Waals surface area contributed by atoms with Crippen molar-refractivity contribution in [1.29, 1.82) is 0 Å². The third-order valence-corrected chi connectivity index (χ3v) is 4.10. The Hall–Kier alpha value is -3.85. The first-order valence-corrected chi connectivity index (χ1v) is 9.46. The fourth-order valence-electron chi connectivity index (χ4n) is 2.82. The number of benzene rings is 2. The monoisotopic (exact) mass is 402 g/mol. The molecule has 1 amide bonds. The first-order valence-electron chi connectivity index (χ1n) is 9.46. The van der Waals surface area contributed by atoms with Crippen molar-refractivity contribution in [2.45, 2.75) is 26.4 Å². The fourth-order valence-corrected chi connectivity index (χ4v) is 2.82. The summed E-state index contributed by atoms with van der Waals surface area (Å²) in [5.41, 5.74) is 1.61. The minimum atomic E-state index is -0.579. The number of nitrogens with one attached hydrogen (secondary N) is 2. The van der Waals surface area contributed by atoms with E-state index in [-0.39, 0.29) is 23.8 Å². The Kier molecular flexibility index (Phi) is 6.03. The van der Waals surface area contributed by atoms with E-state index in [9.17, 15) is 14.4 Å². The molecule has 0 heterocycles. The van der Waals surface area contributed by atoms with E-state index in [4.69, 9.17) is 4.74 Å². The van der Waals surface area contributed by atoms with Gasteiger partial charge in [-0.1, -0.05) is 48.2 Å². The normalized spacial score (nSPS) is 12.8. The molecule has 152 valence electrons. The van der Waals surface area contributed by atoms with Crippen LogP contribution in [0.2, 0.25) is 0 Å². The van der Waals surface area contributed by atoms with Crippen molar-refractivity contribution in [1.82, 2.24) is 5.32 Å². The third-order valence-electron chi connectivity index (χ3n) is 4.10. The zero-order valence-electron chi connectivity index (χ0n) is 17.0. The SMILES string of the molecule is CC(C)(C)OC(=O)NCC#Cc1ccccc1NC1=CC(=O)c2ccccc2C1=O. The zero-order chi connectivity index (χ0) is 21.7. The summed E-state index contributed by atoms with van der Waals surface area (Å²) >= 11 is 0. The molecule has 6 nitrogen and oxygen atoms in total. The summed E-state index contributed by atoms with van der Waals surface area (Å²) in [5.74, 6) is 5.34. The molecule has 30 heavy (non-hydrogen) atoms. The smallest absolute Gasteiger partial charge is 0.408 e. The molecule has 0 aromatic heterocycles. The average molecular weight is 402 g/mol. The lowest BCUT2D eigenvalue weighted by molar-refractivity contribution is 0.0535. The molecule has 2 N–H and O–H groups in total. The molecule has 2 aromatic rings. The quantitative estimate of drug-likeness (QED) is 0.760. The van der Waals surface area contributed by atoms with Gasteiger partial charge in [0.25, 0.3) is 0 Å². The number of hydrogen-bond donors (Lipinski definition) is 2. The van der Waals surface area contributed by atoms with Gasteiger partial charge in [-0.2, -0.15) is 0 Å². The number of alkyl carbamates (subject to hydrolysis) is 1. The van der Waals surface area contributed by atoms with Crippen molar-refractivity contribution in [3.05, 3.63) is 77.0 Å². The van der Waals surface area contributed by atoms with Gasteiger partial charge in [0.15, 0.2) is 5.78 Å². The van der Waals surface area contributed by atoms with E-state index in [1.807, 2.05) is 6.07 Å². The van der Waals surface area contributed by atoms with Crippen LogP contribution >= 0.6 is 0 Å². The van der Waals surface area contributed by atoms with Crippen LogP contribution in [0.5, 0.6) is 0 Å². The number of rotatable bonds is 3. The van der Waals surface area contributed by atoms with Gasteiger partial charge in [-0.15, -0.1) is 0 Å². The summed E-state index contributed by atoms with van der Waals surface area (Å²) in [5, 5.41) is 5.60. The Balaban J connectivity index is 1.72. The molecule has 0 radical (unpaired) electrons. The van der Waals surface area contributed by atoms with Gasteiger partial charge >= 0.3 is 6.09 Å². The molecule has 1 aliphatic rings. The Morgan fingerprint density at radius 2 is 1.67 bits per heavy atom. The number of fused-ring (bicyclic) bond motifs is 1. The highest BCUT2D eigenvalue weighted by molar-refractivity contribution is 6.25. The number of hydrogen-bond acceptors (Lipinski definition) is 5. The van der Waals surface area contributed by atoms with Gasteiger partial charge in [0, 0.05) is 22.8 Å². The minimum Gasteiger partial charge on any atom is -0.444 e. The first-order chi connectivity index (χ1) is 14.2. The molecule has 0 bridgehead atoms. The maximum absolute atomic E-state index is 12.7. The van der Waals surface area contributed by atoms with Gasteiger partial charge < -0.3 is 15.4 Å². The van der Waals surface area contributed by atoms with E-state index < -0.39 is 11.7 Å². The molecule has 2 aromatic carbocycles. The molecule has 6 heteroatoms. The van der Waals surface area contributed by atoms with Crippen LogP contribution in [-0.2, 0) is 4.74 Å². The molecule has 3 rings (SSSR count). The van der Waals surface area contributed by atoms with Crippen LogP contribution in [0.15, 0.2) is 60.3 Å². The Labute approximate surface area is 175 Å². The molecular weight excluding hydrogens is 380 g/mol. The number of allylic oxidation sites excluding steroid dienone is 2. The minimum absolute atomic E-state index is 0.108. The second-order valence-electron chi connectivity index (χ2n) is 7.62. The van der Waals surface area contributed by atoms with Crippen LogP contribution in [0.1, 0.15) is 47.1 Å². The highest BCUT2D eigenvalue weighted by Gasteiger charge is 2.25. The van der Waals surface area contributed by atoms with Crippen molar-refractivity contribution in [2.24, 2.45) is 0 Å². The number of ketones is 2. The topological polar surface area (TPSA) is 84.5 Å². The van der Waals surface area contributed by atoms with Crippen molar-refractivity contribution >= 4 is 23.3 Å². The third kappa shape index (κ3) is 5.15. The van der Waals surface area contributed by atoms with Crippen molar-refractivity contribution in [2.75, 3.05) is 11.9 Å². The fraction of sp³-hybridized carbons (Fsp3) is 0.208. The Morgan fingerprint density at radius 3 is 2.40 bits per heavy atom. The van der Waals surface area contributed by atoms with Crippen LogP contribution in [0.4, 0.5) is 10.5 Å². The summed E-state index contributed by atoms with van der Waals surface area (Å²) in [6.07, 6.45) is 0.761. The maximum atomic E-state index is 12.7. The number of carbonyl (C=O) groups excluding carboxylic acids is 3. The van der Waals surface area contributed by atoms with Crippen LogP contribution in [0, 0.1) is 11.8 Å². The van der Waals surface area contributed by atoms with E-state index in [1.165, 1.54) is 6.08 Å². The molecule has 0 saturated heterocycles. The summed E-state index contributed by atoms with van der Waals surface area (Å²) in [6.45, 7) is 5.45. The number of Topliss-reactive ketones (excluding diaryl/α,β-unsaturated/α-hetero) is 1. The highest BCUT2D eigenvalue weighted by Crippen LogP contribution is 2.24. The van der Waals surface area contributed by atoms with Gasteiger partial charge in [0.2, 0.25) is 5.78 Å². The highest BCUT2D eigenvalue weighted by atomic mass is 16.6. The van der Waals surface area contributed by atoms with Gasteiger partial charge in [0.1, 0.15) is 5.60 Å². The van der Waals surface area contributed by atoms with E-state index >= 15 is 0 Å². The molecule has 0 spiro atoms. The van der Waals surface area contributed by atoms with Gasteiger partial charge in [-0.05, 0) is 32.9 Å². The maximum Gasteiger partial charge on any atom is 0.408 e. The molecule has 0 atom stereocenters. The van der Waals surface area contributed by atoms with E-state index in [0.29, 0.717) is 22.4 Å². The number of ether oxygens (including phenoxy) is 1. The van der Waals surface area contributed by atoms with Gasteiger partial charge in [-0.3, -0.25) is 9.59 Å². The van der Waals surface area contributed by atoms with Gasteiger partial charge in [-0.25, -0.2) is 4.79 Å². The van der Waals surface area contributed by atoms with Gasteiger partial charge in [0.05, 0.1) is 17.9 Å². The second kappa shape index (κ2) is 8.66. The first kappa shape index (κ1) is 20.9. The largest absolute Gasteiger partial charge is 0.444 e. The molecule has 0 fully saturated rings. The Bertz CT molecular complexity index is 1100. The second-order valence-corrected chi connectivity index (χ2v) is 7.62. The number of amides is 1. The van der Waals surface area contributed by atoms with E-state index in [0.717, 1.165) is 0 Å². The lowest BCUT2D eigenvalue weighted by Crippen LogP contribution is -2.32. The summed E-state index contributed by atoms with van der Waals surface area (Å²) < 4.78 is 5.16. The predicted octanol–water partition coefficient (Wildman–Crippen LogP) is 3.94. The molecule has 0 unspecified atom stereocenters. The van der Waals surface area contributed by atoms with Crippen LogP contribution in [0.25, 0.3) is 0 Å². The lowest BCUT2D eigenvalue weighted by atomic mass is 9.92. The summed E-state index contributed by atoms with van der Waals surface area (Å²) in [4.78, 5) is 36.8. The molecular formula is C24H22N2O4. The van der Waals surface area contributed by atoms with Crippen molar-refractivity contribution in [3.8, 4) is 11.8 Å². The van der Waals surface area contributed by atoms with Crippen molar-refractivity contribution < 1.29 is 19.1 Å². The number of anilines is 1. The Morgan fingerprint density at radius 1 is 1.00 bits per heavy atom. The van der Waals surface area contributed by atoms with Crippen LogP contribution in [0.3, 0.4) is 0 Å². The van der Waals surface area contributed by atoms with Crippen molar-refractivity contribution in [3.63, 3.8) is 0 Å². The van der Waals surface area contributed by atoms with Crippen LogP contribution in [-0.4, -0.2) is 29.8 Å². The van der Waals surface area contributed by atoms with E-state index in [1.54, 1.807) is 63.2 Å². The molecule has 0 saturated carbocycles. The average Bonchev–Trinajstić information content (AvgIpc) is 2.69. The standard InChI is InChI=1S/C24H22N2O4/c1-24(2,3)30-23(29)25-14-8-10-16-9-4-7-13-19(16)26-20-15-21(27)17-11-5-6-12-18(17)22(20)28/h4-7,9,11-13,15,26H,14H2,1-3H3,(H,25,29). The number of para-hydroxylation sites is 1. The molecule has 1 aliphatic carbocycles. The lowest BCUT2D eigenvalue weighted by Gasteiger charge is -2.19. The summed E-state index contributed by atoms with van der Waals surface area (Å²) in [6, 6.07) is 13.9. The molecule has 0 aliphatic heterocycles. The van der Waals surface area contributed by atoms with Crippen LogP contribution < -0.4 is 10.6 Å². The number of carbonyl (C=O) groups is 3. The predicted molar refractivity (Wildman–Crippen MR) is 114 cm³/mol. The van der Waals surface area contributed by atoms with E-state index in [2.05, 4.69) is 22.5 Å². The zero-order valence-corrected chi connectivity index (χ0v) is 17.0. The summed E-state index contributed by atoms with van der Waals surface area (Å²) in [7, 11) is 0.